The van der Waals surface area contributed by atoms with Gasteiger partial charge >= 0.3 is 0 Å². The maximum atomic E-state index is 13.5. The van der Waals surface area contributed by atoms with E-state index in [2.05, 4.69) is 64.6 Å². The zero-order valence-electron chi connectivity index (χ0n) is 26.5. The first-order chi connectivity index (χ1) is 22.0. The Labute approximate surface area is 265 Å². The second-order valence-corrected chi connectivity index (χ2v) is 11.1. The number of anilines is 2. The number of aryl methyl sites for hydroxylation is 1. The lowest BCUT2D eigenvalue weighted by molar-refractivity contribution is -0.112. The molecule has 0 radical (unpaired) electrons. The Morgan fingerprint density at radius 1 is 0.889 bits per heavy atom. The second-order valence-electron chi connectivity index (χ2n) is 11.1. The van der Waals surface area contributed by atoms with E-state index in [0.29, 0.717) is 37.7 Å². The van der Waals surface area contributed by atoms with E-state index in [9.17, 15) is 4.79 Å². The number of nitrogens with one attached hydrogen (secondary N) is 1. The Bertz CT molecular complexity index is 1560. The minimum atomic E-state index is -0.0994. The van der Waals surface area contributed by atoms with E-state index in [1.165, 1.54) is 0 Å². The lowest BCUT2D eigenvalue weighted by atomic mass is 10.00. The van der Waals surface area contributed by atoms with E-state index in [1.54, 1.807) is 6.33 Å². The molecule has 1 N–H and O–H groups in total. The van der Waals surface area contributed by atoms with Crippen molar-refractivity contribution in [1.29, 1.82) is 0 Å². The molecule has 1 aliphatic heterocycles. The number of hydrogen-bond acceptors (Lipinski definition) is 7. The lowest BCUT2D eigenvalue weighted by Crippen LogP contribution is -2.26. The fourth-order valence-electron chi connectivity index (χ4n) is 5.20. The number of hydrogen-bond donors (Lipinski definition) is 1. The molecular weight excluding hydrogens is 566 g/mol. The maximum absolute atomic E-state index is 13.5. The Morgan fingerprint density at radius 3 is 2.38 bits per heavy atom. The van der Waals surface area contributed by atoms with Gasteiger partial charge in [-0.15, -0.1) is 10.2 Å². The third-order valence-corrected chi connectivity index (χ3v) is 7.75. The van der Waals surface area contributed by atoms with Crippen LogP contribution in [0.15, 0.2) is 78.6 Å². The van der Waals surface area contributed by atoms with Crippen molar-refractivity contribution in [3.05, 3.63) is 90.0 Å². The van der Waals surface area contributed by atoms with Crippen LogP contribution in [0.2, 0.25) is 0 Å². The van der Waals surface area contributed by atoms with Crippen LogP contribution in [-0.2, 0) is 23.2 Å². The predicted molar refractivity (Wildman–Crippen MR) is 179 cm³/mol. The number of carbonyl (C=O) groups is 1. The highest BCUT2D eigenvalue weighted by molar-refractivity contribution is 6.07. The summed E-state index contributed by atoms with van der Waals surface area (Å²) in [6, 6.07) is 22.0. The summed E-state index contributed by atoms with van der Waals surface area (Å²) in [6.45, 7) is 8.26. The van der Waals surface area contributed by atoms with Gasteiger partial charge < -0.3 is 29.0 Å². The summed E-state index contributed by atoms with van der Waals surface area (Å²) in [4.78, 5) is 15.9. The molecule has 9 heteroatoms. The summed E-state index contributed by atoms with van der Waals surface area (Å²) in [6.07, 6.45) is 7.56. The third-order valence-electron chi connectivity index (χ3n) is 7.75. The normalized spacial score (nSPS) is 12.7. The number of rotatable bonds is 15. The molecule has 0 fully saturated rings. The first kappa shape index (κ1) is 31.8. The molecule has 236 valence electrons. The van der Waals surface area contributed by atoms with Crippen LogP contribution in [0.25, 0.3) is 17.2 Å². The molecule has 45 heavy (non-hydrogen) atoms. The van der Waals surface area contributed by atoms with Crippen molar-refractivity contribution < 1.29 is 19.0 Å². The number of aromatic nitrogens is 3. The van der Waals surface area contributed by atoms with Gasteiger partial charge in [-0.3, -0.25) is 4.79 Å². The number of carbonyl (C=O) groups excluding carboxylic acids is 1. The summed E-state index contributed by atoms with van der Waals surface area (Å²) in [5.41, 5.74) is 5.84. The maximum Gasteiger partial charge on any atom is 0.251 e. The van der Waals surface area contributed by atoms with Gasteiger partial charge in [0.2, 0.25) is 0 Å². The van der Waals surface area contributed by atoms with Gasteiger partial charge in [0.1, 0.15) is 31.0 Å². The van der Waals surface area contributed by atoms with Crippen LogP contribution in [0.1, 0.15) is 50.9 Å². The van der Waals surface area contributed by atoms with Crippen molar-refractivity contribution in [2.24, 2.45) is 7.05 Å². The van der Waals surface area contributed by atoms with Crippen LogP contribution in [0, 0.1) is 0 Å². The summed E-state index contributed by atoms with van der Waals surface area (Å²) in [7, 11) is 1.88. The highest BCUT2D eigenvalue weighted by Crippen LogP contribution is 2.33. The topological polar surface area (TPSA) is 90.7 Å². The number of ether oxygens (including phenoxy) is 3. The van der Waals surface area contributed by atoms with E-state index in [1.807, 2.05) is 54.1 Å². The smallest absolute Gasteiger partial charge is 0.251 e. The number of amides is 1. The molecule has 0 spiro atoms. The monoisotopic (exact) mass is 609 g/mol. The van der Waals surface area contributed by atoms with Crippen LogP contribution >= 0.6 is 0 Å². The van der Waals surface area contributed by atoms with Crippen molar-refractivity contribution in [3.63, 3.8) is 0 Å². The zero-order valence-corrected chi connectivity index (χ0v) is 26.5. The van der Waals surface area contributed by atoms with Gasteiger partial charge in [-0.2, -0.15) is 0 Å². The average Bonchev–Trinajstić information content (AvgIpc) is 3.38. The first-order valence-corrected chi connectivity index (χ1v) is 15.8. The molecule has 0 bridgehead atoms. The van der Waals surface area contributed by atoms with Crippen molar-refractivity contribution in [3.8, 4) is 22.6 Å². The fraction of sp³-hybridized carbons (Fsp3) is 0.361. The fourth-order valence-corrected chi connectivity index (χ4v) is 5.20. The lowest BCUT2D eigenvalue weighted by Gasteiger charge is -2.25. The van der Waals surface area contributed by atoms with Crippen molar-refractivity contribution in [2.45, 2.75) is 46.1 Å². The second kappa shape index (κ2) is 15.9. The zero-order chi connectivity index (χ0) is 31.4. The summed E-state index contributed by atoms with van der Waals surface area (Å²) in [5, 5.41) is 11.0. The van der Waals surface area contributed by atoms with Crippen LogP contribution in [0.3, 0.4) is 0 Å². The van der Waals surface area contributed by atoms with E-state index in [-0.39, 0.29) is 5.91 Å². The Kier molecular flexibility index (Phi) is 11.2. The molecular formula is C36H43N5O4. The van der Waals surface area contributed by atoms with Crippen LogP contribution in [0.5, 0.6) is 11.5 Å². The van der Waals surface area contributed by atoms with Crippen molar-refractivity contribution >= 4 is 23.4 Å². The number of nitrogens with zero attached hydrogens (tertiary/aromatic N) is 4. The van der Waals surface area contributed by atoms with Crippen LogP contribution < -0.4 is 19.7 Å². The molecule has 5 rings (SSSR count). The van der Waals surface area contributed by atoms with Crippen LogP contribution in [-0.4, -0.2) is 53.6 Å². The largest absolute Gasteiger partial charge is 0.491 e. The van der Waals surface area contributed by atoms with Gasteiger partial charge in [0.15, 0.2) is 5.82 Å². The van der Waals surface area contributed by atoms with Gasteiger partial charge in [0.25, 0.3) is 5.91 Å². The molecule has 9 nitrogen and oxygen atoms in total. The average molecular weight is 610 g/mol. The van der Waals surface area contributed by atoms with Crippen molar-refractivity contribution in [1.82, 2.24) is 14.8 Å². The summed E-state index contributed by atoms with van der Waals surface area (Å²) >= 11 is 0. The number of benzene rings is 3. The van der Waals surface area contributed by atoms with Gasteiger partial charge in [0, 0.05) is 43.7 Å². The van der Waals surface area contributed by atoms with E-state index in [4.69, 9.17) is 14.2 Å². The highest BCUT2D eigenvalue weighted by atomic mass is 16.5. The Balaban J connectivity index is 1.26. The molecule has 1 aliphatic rings. The molecule has 3 aromatic carbocycles. The molecule has 0 unspecified atom stereocenters. The molecule has 1 aromatic heterocycles. The van der Waals surface area contributed by atoms with Crippen LogP contribution in [0.4, 0.5) is 11.4 Å². The van der Waals surface area contributed by atoms with Gasteiger partial charge in [-0.25, -0.2) is 0 Å². The van der Waals surface area contributed by atoms with Gasteiger partial charge in [-0.05, 0) is 90.6 Å². The minimum absolute atomic E-state index is 0.0994. The number of unbranched alkanes of at least 4 members (excludes halogenated alkanes) is 1. The van der Waals surface area contributed by atoms with E-state index >= 15 is 0 Å². The first-order valence-electron chi connectivity index (χ1n) is 15.8. The molecule has 0 saturated heterocycles. The summed E-state index contributed by atoms with van der Waals surface area (Å²) < 4.78 is 19.1. The quantitative estimate of drug-likeness (QED) is 0.147. The Hall–Kier alpha value is -4.63. The van der Waals surface area contributed by atoms with Gasteiger partial charge in [-0.1, -0.05) is 38.5 Å². The molecule has 1 amide bonds. The molecule has 2 heterocycles. The standard InChI is InChI=1S/C36H43N5O4/c1-4-6-20-43-21-22-44-32-12-7-27(8-13-32)28-9-16-34-30(23-28)24-29(17-19-41(34)18-5-2)36(42)38-31-10-14-33(15-11-31)45-25-35-39-37-26-40(35)3/h7-16,23-24,26H,4-6,17-22,25H2,1-3H3,(H,38,42). The predicted octanol–water partition coefficient (Wildman–Crippen LogP) is 6.90. The third kappa shape index (κ3) is 8.73. The van der Waals surface area contributed by atoms with E-state index < -0.39 is 0 Å². The molecule has 0 atom stereocenters. The van der Waals surface area contributed by atoms with Crippen molar-refractivity contribution in [2.75, 3.05) is 43.1 Å². The minimum Gasteiger partial charge on any atom is -0.491 e. The highest BCUT2D eigenvalue weighted by Gasteiger charge is 2.20. The molecule has 0 saturated carbocycles. The summed E-state index contributed by atoms with van der Waals surface area (Å²) in [5.74, 6) is 2.15. The SMILES string of the molecule is CCCCOCCOc1ccc(-c2ccc3c(c2)C=C(C(=O)Nc2ccc(OCc4nncn4C)cc2)CCN3CCC)cc1. The van der Waals surface area contributed by atoms with Gasteiger partial charge in [0.05, 0.1) is 6.61 Å². The van der Waals surface area contributed by atoms with E-state index in [0.717, 1.165) is 78.5 Å². The Morgan fingerprint density at radius 2 is 1.64 bits per heavy atom. The molecule has 0 aliphatic carbocycles. The molecule has 4 aromatic rings. The number of fused-ring (bicyclic) bond motifs is 1.